The molecule has 3 aromatic rings. The van der Waals surface area contributed by atoms with E-state index in [1.165, 1.54) is 17.9 Å². The maximum Gasteiger partial charge on any atom is 0.257 e. The molecular weight excluding hydrogens is 657 g/mol. The van der Waals surface area contributed by atoms with Crippen molar-refractivity contribution in [3.63, 3.8) is 0 Å². The van der Waals surface area contributed by atoms with Crippen LogP contribution in [0.2, 0.25) is 21.6 Å². The summed E-state index contributed by atoms with van der Waals surface area (Å²) in [6.07, 6.45) is 1.50. The normalized spacial score (nSPS) is 19.7. The van der Waals surface area contributed by atoms with Crippen LogP contribution in [0.5, 0.6) is 0 Å². The van der Waals surface area contributed by atoms with Gasteiger partial charge in [-0.2, -0.15) is 0 Å². The summed E-state index contributed by atoms with van der Waals surface area (Å²) in [4.78, 5) is 16.0. The van der Waals surface area contributed by atoms with Crippen molar-refractivity contribution in [2.45, 2.75) is 95.8 Å². The monoisotopic (exact) mass is 705 g/mol. The van der Waals surface area contributed by atoms with E-state index in [0.717, 1.165) is 30.0 Å². The number of aliphatic hydroxyl groups is 3. The summed E-state index contributed by atoms with van der Waals surface area (Å²) in [5.74, 6) is 2.24. The van der Waals surface area contributed by atoms with Crippen LogP contribution in [0, 0.1) is 22.7 Å². The summed E-state index contributed by atoms with van der Waals surface area (Å²) in [6.45, 7) is 14.5. The van der Waals surface area contributed by atoms with Crippen molar-refractivity contribution in [1.82, 2.24) is 4.90 Å². The van der Waals surface area contributed by atoms with Crippen molar-refractivity contribution in [2.24, 2.45) is 5.41 Å². The van der Waals surface area contributed by atoms with E-state index in [9.17, 15) is 20.1 Å². The number of hydrogen-bond donors (Lipinski definition) is 3. The minimum Gasteiger partial charge on any atom is -0.396 e. The molecular formula is C40H49ClFNO5Si. The van der Waals surface area contributed by atoms with Gasteiger partial charge in [0.1, 0.15) is 19.5 Å². The average molecular weight is 706 g/mol. The van der Waals surface area contributed by atoms with Gasteiger partial charge >= 0.3 is 0 Å². The molecule has 2 aliphatic rings. The Bertz CT molecular complexity index is 1720. The number of benzene rings is 3. The van der Waals surface area contributed by atoms with Crippen molar-refractivity contribution in [2.75, 3.05) is 19.8 Å². The van der Waals surface area contributed by atoms with E-state index in [1.807, 2.05) is 24.3 Å². The molecule has 1 heterocycles. The second-order valence-corrected chi connectivity index (χ2v) is 21.2. The van der Waals surface area contributed by atoms with Gasteiger partial charge in [0.05, 0.1) is 30.9 Å². The van der Waals surface area contributed by atoms with Crippen LogP contribution in [-0.4, -0.2) is 54.0 Å². The third kappa shape index (κ3) is 6.74. The molecule has 3 N–H and O–H groups in total. The molecule has 0 spiro atoms. The van der Waals surface area contributed by atoms with E-state index in [1.54, 1.807) is 24.3 Å². The summed E-state index contributed by atoms with van der Waals surface area (Å²) >= 11 is 6.29. The molecule has 49 heavy (non-hydrogen) atoms. The zero-order valence-electron chi connectivity index (χ0n) is 29.6. The van der Waals surface area contributed by atoms with Crippen molar-refractivity contribution in [3.8, 4) is 11.5 Å². The molecule has 0 saturated heterocycles. The lowest BCUT2D eigenvalue weighted by Crippen LogP contribution is -2.48. The lowest BCUT2D eigenvalue weighted by atomic mass is 9.88. The first-order valence-electron chi connectivity index (χ1n) is 17.2. The molecule has 9 heteroatoms. The van der Waals surface area contributed by atoms with Crippen LogP contribution < -0.4 is 0 Å². The minimum atomic E-state index is -1.94. The Morgan fingerprint density at radius 2 is 1.57 bits per heavy atom. The van der Waals surface area contributed by atoms with E-state index >= 15 is 4.39 Å². The third-order valence-corrected chi connectivity index (χ3v) is 17.5. The largest absolute Gasteiger partial charge is 0.396 e. The van der Waals surface area contributed by atoms with Gasteiger partial charge in [-0.15, -0.1) is 5.54 Å². The fourth-order valence-corrected chi connectivity index (χ4v) is 13.0. The highest BCUT2D eigenvalue weighted by atomic mass is 35.5. The second kappa shape index (κ2) is 13.9. The smallest absolute Gasteiger partial charge is 0.257 e. The highest BCUT2D eigenvalue weighted by Crippen LogP contribution is 2.52. The summed E-state index contributed by atoms with van der Waals surface area (Å²) in [5, 5.41) is 31.4. The standard InChI is InChI=1S/C40H49ClFNO5Si/c1-26(2)49(27(3)4,28(5)6)19-16-29-8-10-30(11-9-29)22-43-37(46)34-20-32(38(7,47)23-44)21-35(42)36(34)40(43,31-12-14-33(41)15-13-31)48-25-39(24-45)17-18-39/h8-15,20-21,26-28,44-45,47H,17-18,22-25H2,1-7H3. The predicted molar refractivity (Wildman–Crippen MR) is 194 cm³/mol. The van der Waals surface area contributed by atoms with Gasteiger partial charge < -0.3 is 20.1 Å². The van der Waals surface area contributed by atoms with Crippen LogP contribution >= 0.6 is 11.6 Å². The number of fused-ring (bicyclic) bond motifs is 1. The Kier molecular flexibility index (Phi) is 10.6. The highest BCUT2D eigenvalue weighted by Gasteiger charge is 2.56. The summed E-state index contributed by atoms with van der Waals surface area (Å²) in [7, 11) is -1.94. The number of ether oxygens (including phenoxy) is 1. The summed E-state index contributed by atoms with van der Waals surface area (Å²) in [6, 6.07) is 17.2. The fraction of sp³-hybridized carbons (Fsp3) is 0.475. The molecule has 2 atom stereocenters. The van der Waals surface area contributed by atoms with E-state index in [-0.39, 0.29) is 36.4 Å². The predicted octanol–water partition coefficient (Wildman–Crippen LogP) is 7.89. The molecule has 2 unspecified atom stereocenters. The Morgan fingerprint density at radius 1 is 0.980 bits per heavy atom. The average Bonchev–Trinajstić information content (AvgIpc) is 3.81. The lowest BCUT2D eigenvalue weighted by molar-refractivity contribution is -0.130. The number of carbonyl (C=O) groups excluding carboxylic acids is 1. The molecule has 1 amide bonds. The Balaban J connectivity index is 1.62. The Labute approximate surface area is 296 Å². The summed E-state index contributed by atoms with van der Waals surface area (Å²) < 4.78 is 23.3. The number of rotatable bonds is 12. The quantitative estimate of drug-likeness (QED) is 0.132. The third-order valence-electron chi connectivity index (χ3n) is 10.9. The van der Waals surface area contributed by atoms with Gasteiger partial charge in [0.25, 0.3) is 5.91 Å². The van der Waals surface area contributed by atoms with Gasteiger partial charge in [0.2, 0.25) is 0 Å². The van der Waals surface area contributed by atoms with E-state index in [4.69, 9.17) is 16.3 Å². The van der Waals surface area contributed by atoms with Crippen molar-refractivity contribution >= 4 is 25.6 Å². The number of hydrogen-bond acceptors (Lipinski definition) is 5. The topological polar surface area (TPSA) is 90.2 Å². The molecule has 0 radical (unpaired) electrons. The van der Waals surface area contributed by atoms with Crippen LogP contribution in [0.15, 0.2) is 60.7 Å². The maximum atomic E-state index is 16.5. The van der Waals surface area contributed by atoms with Gasteiger partial charge in [0.15, 0.2) is 5.72 Å². The summed E-state index contributed by atoms with van der Waals surface area (Å²) in [5.41, 5.74) is 3.63. The number of amides is 1. The van der Waals surface area contributed by atoms with Crippen molar-refractivity contribution < 1.29 is 29.2 Å². The molecule has 1 fully saturated rings. The fourth-order valence-electron chi connectivity index (χ4n) is 7.61. The van der Waals surface area contributed by atoms with Gasteiger partial charge in [-0.05, 0) is 83.9 Å². The Morgan fingerprint density at radius 3 is 2.08 bits per heavy atom. The van der Waals surface area contributed by atoms with Gasteiger partial charge in [0, 0.05) is 28.1 Å². The number of aliphatic hydroxyl groups excluding tert-OH is 2. The molecule has 1 aliphatic heterocycles. The minimum absolute atomic E-state index is 0.0193. The lowest BCUT2D eigenvalue weighted by Gasteiger charge is -2.40. The molecule has 1 aliphatic carbocycles. The van der Waals surface area contributed by atoms with Crippen molar-refractivity contribution in [3.05, 3.63) is 105 Å². The van der Waals surface area contributed by atoms with E-state index in [2.05, 4.69) is 53.0 Å². The van der Waals surface area contributed by atoms with Gasteiger partial charge in [-0.25, -0.2) is 4.39 Å². The molecule has 5 rings (SSSR count). The zero-order valence-corrected chi connectivity index (χ0v) is 31.4. The molecule has 3 aromatic carbocycles. The van der Waals surface area contributed by atoms with Crippen LogP contribution in [0.3, 0.4) is 0 Å². The second-order valence-electron chi connectivity index (χ2n) is 15.1. The highest BCUT2D eigenvalue weighted by molar-refractivity contribution is 6.90. The number of halogens is 2. The van der Waals surface area contributed by atoms with Crippen LogP contribution in [0.4, 0.5) is 4.39 Å². The number of carbonyl (C=O) groups is 1. The molecule has 1 saturated carbocycles. The zero-order chi connectivity index (χ0) is 35.9. The van der Waals surface area contributed by atoms with Crippen LogP contribution in [0.25, 0.3) is 0 Å². The first-order valence-corrected chi connectivity index (χ1v) is 19.8. The van der Waals surface area contributed by atoms with Crippen molar-refractivity contribution in [1.29, 1.82) is 0 Å². The van der Waals surface area contributed by atoms with Crippen LogP contribution in [0.1, 0.15) is 99.5 Å². The first-order chi connectivity index (χ1) is 23.1. The van der Waals surface area contributed by atoms with E-state index < -0.39 is 43.1 Å². The van der Waals surface area contributed by atoms with Gasteiger partial charge in [-0.3, -0.25) is 9.69 Å². The molecule has 0 bridgehead atoms. The molecule has 6 nitrogen and oxygen atoms in total. The molecule has 262 valence electrons. The van der Waals surface area contributed by atoms with Crippen LogP contribution in [-0.2, 0) is 22.6 Å². The first kappa shape index (κ1) is 37.2. The van der Waals surface area contributed by atoms with Gasteiger partial charge in [-0.1, -0.05) is 83.3 Å². The SMILES string of the molecule is CC(C)[Si](C#Cc1ccc(CN2C(=O)c3cc(C(C)(O)CO)cc(F)c3C2(OCC2(CO)CC2)c2ccc(Cl)cc2)cc1)(C(C)C)C(C)C. The number of nitrogens with zero attached hydrogens (tertiary/aromatic N) is 1. The van der Waals surface area contributed by atoms with E-state index in [0.29, 0.717) is 27.2 Å². The maximum absolute atomic E-state index is 16.5. The Hall–Kier alpha value is -3.03. The molecule has 0 aromatic heterocycles.